The van der Waals surface area contributed by atoms with E-state index in [2.05, 4.69) is 39.9 Å². The van der Waals surface area contributed by atoms with E-state index in [-0.39, 0.29) is 6.09 Å². The van der Waals surface area contributed by atoms with Gasteiger partial charge < -0.3 is 19.3 Å². The lowest BCUT2D eigenvalue weighted by Crippen LogP contribution is -2.48. The normalized spacial score (nSPS) is 22.0. The standard InChI is InChI=1S/C21H31BrN2O3/c1-3-8-24-14-17(15-27-21(24)25)13-23-9-6-16(7-10-23)11-18-12-19(26-2)4-5-20(18)22/h4-5,12,16-17H,3,6-11,13-15H2,1-2H3. The molecule has 2 fully saturated rings. The molecule has 0 aromatic heterocycles. The van der Waals surface area contributed by atoms with Crippen molar-refractivity contribution in [2.75, 3.05) is 46.4 Å². The number of nitrogens with zero attached hydrogens (tertiary/aromatic N) is 2. The molecule has 2 heterocycles. The van der Waals surface area contributed by atoms with Crippen LogP contribution in [0.3, 0.4) is 0 Å². The van der Waals surface area contributed by atoms with Crippen molar-refractivity contribution in [3.63, 3.8) is 0 Å². The summed E-state index contributed by atoms with van der Waals surface area (Å²) in [6, 6.07) is 6.22. The van der Waals surface area contributed by atoms with E-state index < -0.39 is 0 Å². The lowest BCUT2D eigenvalue weighted by Gasteiger charge is -2.37. The van der Waals surface area contributed by atoms with E-state index in [0.29, 0.717) is 18.4 Å². The molecular weight excluding hydrogens is 408 g/mol. The van der Waals surface area contributed by atoms with Gasteiger partial charge in [-0.05, 0) is 68.5 Å². The fourth-order valence-corrected chi connectivity index (χ4v) is 4.57. The maximum atomic E-state index is 11.8. The molecule has 0 N–H and O–H groups in total. The number of cyclic esters (lactones) is 1. The second kappa shape index (κ2) is 9.78. The number of ether oxygens (including phenoxy) is 2. The number of halogens is 1. The molecule has 0 bridgehead atoms. The first-order valence-corrected chi connectivity index (χ1v) is 10.8. The van der Waals surface area contributed by atoms with Gasteiger partial charge >= 0.3 is 6.09 Å². The third-order valence-electron chi connectivity index (χ3n) is 5.66. The van der Waals surface area contributed by atoms with Crippen LogP contribution in [0.1, 0.15) is 31.7 Å². The average Bonchev–Trinajstić information content (AvgIpc) is 2.68. The SMILES string of the molecule is CCCN1CC(CN2CCC(Cc3cc(OC)ccc3Br)CC2)COC1=O. The van der Waals surface area contributed by atoms with Crippen LogP contribution in [0.15, 0.2) is 22.7 Å². The highest BCUT2D eigenvalue weighted by atomic mass is 79.9. The summed E-state index contributed by atoms with van der Waals surface area (Å²) in [6.07, 6.45) is 4.36. The molecular formula is C21H31BrN2O3. The van der Waals surface area contributed by atoms with Gasteiger partial charge in [-0.3, -0.25) is 0 Å². The number of amides is 1. The predicted molar refractivity (Wildman–Crippen MR) is 110 cm³/mol. The number of likely N-dealkylation sites (tertiary alicyclic amines) is 1. The summed E-state index contributed by atoms with van der Waals surface area (Å²) < 4.78 is 11.9. The first-order valence-electron chi connectivity index (χ1n) is 10.1. The maximum Gasteiger partial charge on any atom is 0.409 e. The van der Waals surface area contributed by atoms with Crippen molar-refractivity contribution in [3.05, 3.63) is 28.2 Å². The third-order valence-corrected chi connectivity index (χ3v) is 6.43. The van der Waals surface area contributed by atoms with Crippen molar-refractivity contribution in [2.24, 2.45) is 11.8 Å². The van der Waals surface area contributed by atoms with Gasteiger partial charge in [0, 0.05) is 30.0 Å². The Labute approximate surface area is 171 Å². The first kappa shape index (κ1) is 20.5. The summed E-state index contributed by atoms with van der Waals surface area (Å²) in [5.41, 5.74) is 1.34. The molecule has 1 aromatic rings. The molecule has 1 atom stereocenters. The van der Waals surface area contributed by atoms with Crippen LogP contribution in [0.5, 0.6) is 5.75 Å². The minimum absolute atomic E-state index is 0.143. The summed E-state index contributed by atoms with van der Waals surface area (Å²) in [7, 11) is 1.72. The fourth-order valence-electron chi connectivity index (χ4n) is 4.17. The van der Waals surface area contributed by atoms with Gasteiger partial charge in [-0.25, -0.2) is 4.79 Å². The Morgan fingerprint density at radius 2 is 2.04 bits per heavy atom. The van der Waals surface area contributed by atoms with Crippen molar-refractivity contribution in [3.8, 4) is 5.75 Å². The van der Waals surface area contributed by atoms with Gasteiger partial charge in [0.15, 0.2) is 0 Å². The highest BCUT2D eigenvalue weighted by Gasteiger charge is 2.29. The summed E-state index contributed by atoms with van der Waals surface area (Å²) in [5.74, 6) is 2.07. The molecule has 0 spiro atoms. The van der Waals surface area contributed by atoms with E-state index in [1.165, 1.54) is 22.9 Å². The average molecular weight is 439 g/mol. The van der Waals surface area contributed by atoms with Crippen LogP contribution in [0, 0.1) is 11.8 Å². The quantitative estimate of drug-likeness (QED) is 0.639. The Morgan fingerprint density at radius 3 is 2.74 bits per heavy atom. The molecule has 2 saturated heterocycles. The van der Waals surface area contributed by atoms with Gasteiger partial charge in [-0.2, -0.15) is 0 Å². The zero-order chi connectivity index (χ0) is 19.2. The van der Waals surface area contributed by atoms with Crippen LogP contribution in [0.2, 0.25) is 0 Å². The number of carbonyl (C=O) groups excluding carboxylic acids is 1. The highest BCUT2D eigenvalue weighted by molar-refractivity contribution is 9.10. The van der Waals surface area contributed by atoms with E-state index in [1.54, 1.807) is 7.11 Å². The van der Waals surface area contributed by atoms with Crippen molar-refractivity contribution in [2.45, 2.75) is 32.6 Å². The van der Waals surface area contributed by atoms with Gasteiger partial charge in [0.1, 0.15) is 5.75 Å². The molecule has 1 unspecified atom stereocenters. The summed E-state index contributed by atoms with van der Waals surface area (Å²) in [4.78, 5) is 16.2. The molecule has 0 aliphatic carbocycles. The number of benzene rings is 1. The van der Waals surface area contributed by atoms with E-state index in [9.17, 15) is 4.79 Å². The Kier molecular flexibility index (Phi) is 7.41. The molecule has 3 rings (SSSR count). The van der Waals surface area contributed by atoms with E-state index >= 15 is 0 Å². The van der Waals surface area contributed by atoms with Crippen LogP contribution in [-0.2, 0) is 11.2 Å². The Hall–Kier alpha value is -1.27. The van der Waals surface area contributed by atoms with Crippen LogP contribution in [-0.4, -0.2) is 62.3 Å². The molecule has 27 heavy (non-hydrogen) atoms. The molecule has 150 valence electrons. The monoisotopic (exact) mass is 438 g/mol. The second-order valence-electron chi connectivity index (χ2n) is 7.79. The van der Waals surface area contributed by atoms with Gasteiger partial charge in [0.2, 0.25) is 0 Å². The minimum Gasteiger partial charge on any atom is -0.497 e. The summed E-state index contributed by atoms with van der Waals surface area (Å²) >= 11 is 3.68. The van der Waals surface area contributed by atoms with Crippen LogP contribution in [0.25, 0.3) is 0 Å². The molecule has 2 aliphatic rings. The topological polar surface area (TPSA) is 42.0 Å². The number of hydrogen-bond donors (Lipinski definition) is 0. The number of piperidine rings is 1. The smallest absolute Gasteiger partial charge is 0.409 e. The van der Waals surface area contributed by atoms with E-state index in [0.717, 1.165) is 51.3 Å². The second-order valence-corrected chi connectivity index (χ2v) is 8.65. The van der Waals surface area contributed by atoms with Gasteiger partial charge in [-0.1, -0.05) is 22.9 Å². The number of rotatable bonds is 7. The molecule has 6 heteroatoms. The lowest BCUT2D eigenvalue weighted by molar-refractivity contribution is 0.0269. The zero-order valence-electron chi connectivity index (χ0n) is 16.5. The van der Waals surface area contributed by atoms with E-state index in [1.807, 2.05) is 11.0 Å². The van der Waals surface area contributed by atoms with Crippen LogP contribution >= 0.6 is 15.9 Å². The zero-order valence-corrected chi connectivity index (χ0v) is 18.0. The fraction of sp³-hybridized carbons (Fsp3) is 0.667. The van der Waals surface area contributed by atoms with Crippen molar-refractivity contribution < 1.29 is 14.3 Å². The van der Waals surface area contributed by atoms with Gasteiger partial charge in [0.25, 0.3) is 0 Å². The maximum absolute atomic E-state index is 11.8. The Balaban J connectivity index is 1.46. The number of hydrogen-bond acceptors (Lipinski definition) is 4. The molecule has 1 amide bonds. The molecule has 0 saturated carbocycles. The van der Waals surface area contributed by atoms with Crippen molar-refractivity contribution in [1.29, 1.82) is 0 Å². The Bertz CT molecular complexity index is 632. The van der Waals surface area contributed by atoms with Crippen LogP contribution in [0.4, 0.5) is 4.79 Å². The van der Waals surface area contributed by atoms with Crippen molar-refractivity contribution in [1.82, 2.24) is 9.80 Å². The van der Waals surface area contributed by atoms with Crippen molar-refractivity contribution >= 4 is 22.0 Å². The minimum atomic E-state index is -0.143. The molecule has 2 aliphatic heterocycles. The molecule has 5 nitrogen and oxygen atoms in total. The van der Waals surface area contributed by atoms with Gasteiger partial charge in [0.05, 0.1) is 13.7 Å². The highest BCUT2D eigenvalue weighted by Crippen LogP contribution is 2.29. The summed E-state index contributed by atoms with van der Waals surface area (Å²) in [5, 5.41) is 0. The summed E-state index contributed by atoms with van der Waals surface area (Å²) in [6.45, 7) is 7.59. The lowest BCUT2D eigenvalue weighted by atomic mass is 9.89. The number of carbonyl (C=O) groups is 1. The van der Waals surface area contributed by atoms with E-state index in [4.69, 9.17) is 9.47 Å². The largest absolute Gasteiger partial charge is 0.497 e. The molecule has 0 radical (unpaired) electrons. The van der Waals surface area contributed by atoms with Crippen LogP contribution < -0.4 is 4.74 Å². The van der Waals surface area contributed by atoms with Gasteiger partial charge in [-0.15, -0.1) is 0 Å². The predicted octanol–water partition coefficient (Wildman–Crippen LogP) is 4.19. The number of methoxy groups -OCH3 is 1. The Morgan fingerprint density at radius 1 is 1.26 bits per heavy atom. The first-order chi connectivity index (χ1) is 13.1. The third kappa shape index (κ3) is 5.61. The molecule has 1 aromatic carbocycles.